The summed E-state index contributed by atoms with van der Waals surface area (Å²) < 4.78 is 0. The van der Waals surface area contributed by atoms with Gasteiger partial charge in [0.1, 0.15) is 0 Å². The topological polar surface area (TPSA) is 44.4 Å². The van der Waals surface area contributed by atoms with Crippen LogP contribution < -0.4 is 10.6 Å². The average Bonchev–Trinajstić information content (AvgIpc) is 3.03. The third-order valence-corrected chi connectivity index (χ3v) is 4.45. The van der Waals surface area contributed by atoms with Gasteiger partial charge in [0, 0.05) is 12.2 Å². The highest BCUT2D eigenvalue weighted by Gasteiger charge is 2.20. The van der Waals surface area contributed by atoms with Crippen molar-refractivity contribution in [3.8, 4) is 0 Å². The predicted octanol–water partition coefficient (Wildman–Crippen LogP) is 2.36. The van der Waals surface area contributed by atoms with Crippen LogP contribution in [0.25, 0.3) is 0 Å². The lowest BCUT2D eigenvalue weighted by molar-refractivity contribution is -0.118. The highest BCUT2D eigenvalue weighted by molar-refractivity contribution is 5.94. The van der Waals surface area contributed by atoms with E-state index in [4.69, 9.17) is 0 Å². The van der Waals surface area contributed by atoms with Gasteiger partial charge in [-0.25, -0.2) is 0 Å². The number of benzene rings is 1. The van der Waals surface area contributed by atoms with E-state index in [0.717, 1.165) is 31.6 Å². The molecular weight excluding hydrogens is 262 g/mol. The molecule has 0 aliphatic carbocycles. The van der Waals surface area contributed by atoms with Crippen LogP contribution >= 0.6 is 0 Å². The van der Waals surface area contributed by atoms with Gasteiger partial charge in [0.2, 0.25) is 5.91 Å². The number of piperidine rings is 1. The number of hydrogen-bond acceptors (Lipinski definition) is 3. The van der Waals surface area contributed by atoms with Crippen molar-refractivity contribution in [2.45, 2.75) is 44.7 Å². The van der Waals surface area contributed by atoms with Crippen molar-refractivity contribution in [3.05, 3.63) is 29.8 Å². The fourth-order valence-corrected chi connectivity index (χ4v) is 3.20. The van der Waals surface area contributed by atoms with E-state index in [0.29, 0.717) is 0 Å². The van der Waals surface area contributed by atoms with E-state index >= 15 is 0 Å². The smallest absolute Gasteiger partial charge is 0.241 e. The number of likely N-dealkylation sites (tertiary alicyclic amines) is 1. The molecule has 114 valence electrons. The predicted molar refractivity (Wildman–Crippen MR) is 85.2 cm³/mol. The van der Waals surface area contributed by atoms with Crippen LogP contribution in [0, 0.1) is 0 Å². The van der Waals surface area contributed by atoms with Crippen LogP contribution in [0.3, 0.4) is 0 Å². The number of anilines is 1. The third-order valence-electron chi connectivity index (χ3n) is 4.45. The second-order valence-corrected chi connectivity index (χ2v) is 6.17. The third kappa shape index (κ3) is 4.05. The van der Waals surface area contributed by atoms with Gasteiger partial charge in [0.25, 0.3) is 0 Å². The van der Waals surface area contributed by atoms with Crippen molar-refractivity contribution in [2.75, 3.05) is 25.0 Å². The van der Waals surface area contributed by atoms with Gasteiger partial charge in [-0.2, -0.15) is 0 Å². The molecule has 2 aliphatic rings. The maximum atomic E-state index is 12.1. The summed E-state index contributed by atoms with van der Waals surface area (Å²) in [6.07, 6.45) is 5.90. The van der Waals surface area contributed by atoms with Gasteiger partial charge in [0.05, 0.1) is 6.04 Å². The largest absolute Gasteiger partial charge is 0.325 e. The lowest BCUT2D eigenvalue weighted by Gasteiger charge is -2.22. The molecule has 4 nitrogen and oxygen atoms in total. The van der Waals surface area contributed by atoms with Crippen LogP contribution in [-0.2, 0) is 11.3 Å². The van der Waals surface area contributed by atoms with Gasteiger partial charge in [-0.1, -0.05) is 18.6 Å². The molecule has 2 N–H and O–H groups in total. The molecule has 0 radical (unpaired) electrons. The summed E-state index contributed by atoms with van der Waals surface area (Å²) in [6.45, 7) is 4.41. The van der Waals surface area contributed by atoms with Crippen molar-refractivity contribution in [3.63, 3.8) is 0 Å². The van der Waals surface area contributed by atoms with E-state index in [1.54, 1.807) is 0 Å². The van der Waals surface area contributed by atoms with Gasteiger partial charge in [-0.3, -0.25) is 9.69 Å². The highest BCUT2D eigenvalue weighted by atomic mass is 16.2. The Morgan fingerprint density at radius 1 is 1.14 bits per heavy atom. The van der Waals surface area contributed by atoms with Gasteiger partial charge >= 0.3 is 0 Å². The van der Waals surface area contributed by atoms with Gasteiger partial charge in [0.15, 0.2) is 0 Å². The summed E-state index contributed by atoms with van der Waals surface area (Å²) in [5, 5.41) is 6.30. The molecule has 2 fully saturated rings. The molecule has 3 rings (SSSR count). The van der Waals surface area contributed by atoms with Crippen molar-refractivity contribution < 1.29 is 4.79 Å². The van der Waals surface area contributed by atoms with Crippen LogP contribution in [0.4, 0.5) is 5.69 Å². The Kier molecular flexibility index (Phi) is 4.88. The maximum absolute atomic E-state index is 12.1. The van der Waals surface area contributed by atoms with Crippen LogP contribution in [-0.4, -0.2) is 36.5 Å². The van der Waals surface area contributed by atoms with Gasteiger partial charge < -0.3 is 10.6 Å². The molecule has 0 saturated carbocycles. The number of amides is 1. The van der Waals surface area contributed by atoms with E-state index in [-0.39, 0.29) is 11.9 Å². The Hall–Kier alpha value is -1.39. The Morgan fingerprint density at radius 2 is 1.90 bits per heavy atom. The zero-order chi connectivity index (χ0) is 14.5. The second-order valence-electron chi connectivity index (χ2n) is 6.17. The minimum absolute atomic E-state index is 0.0250. The van der Waals surface area contributed by atoms with Gasteiger partial charge in [-0.05, 0) is 63.0 Å². The van der Waals surface area contributed by atoms with Crippen LogP contribution in [0.2, 0.25) is 0 Å². The summed E-state index contributed by atoms with van der Waals surface area (Å²) in [5.41, 5.74) is 2.23. The molecule has 0 aromatic heterocycles. The van der Waals surface area contributed by atoms with Gasteiger partial charge in [-0.15, -0.1) is 0 Å². The number of carbonyl (C=O) groups excluding carboxylic acids is 1. The molecule has 2 aliphatic heterocycles. The molecule has 21 heavy (non-hydrogen) atoms. The number of rotatable bonds is 4. The highest BCUT2D eigenvalue weighted by Crippen LogP contribution is 2.16. The van der Waals surface area contributed by atoms with Crippen molar-refractivity contribution in [1.82, 2.24) is 10.2 Å². The minimum Gasteiger partial charge on any atom is -0.325 e. The summed E-state index contributed by atoms with van der Waals surface area (Å²) in [7, 11) is 0. The molecule has 0 unspecified atom stereocenters. The fourth-order valence-electron chi connectivity index (χ4n) is 3.20. The number of carbonyl (C=O) groups is 1. The zero-order valence-electron chi connectivity index (χ0n) is 12.6. The van der Waals surface area contributed by atoms with Crippen LogP contribution in [0.15, 0.2) is 24.3 Å². The number of hydrogen-bond donors (Lipinski definition) is 2. The lowest BCUT2D eigenvalue weighted by atomic mass is 10.0. The van der Waals surface area contributed by atoms with E-state index in [9.17, 15) is 4.79 Å². The lowest BCUT2D eigenvalue weighted by Crippen LogP contribution is -2.43. The number of nitrogens with zero attached hydrogens (tertiary/aromatic N) is 1. The SMILES string of the molecule is O=C(Nc1ccc(CN2CCCC2)cc1)[C@@H]1CCCCN1. The van der Waals surface area contributed by atoms with Crippen molar-refractivity contribution >= 4 is 11.6 Å². The summed E-state index contributed by atoms with van der Waals surface area (Å²) in [5.74, 6) is 0.0991. The molecule has 2 saturated heterocycles. The summed E-state index contributed by atoms with van der Waals surface area (Å²) in [4.78, 5) is 14.6. The monoisotopic (exact) mass is 287 g/mol. The molecule has 1 amide bonds. The molecule has 1 atom stereocenters. The minimum atomic E-state index is -0.0250. The summed E-state index contributed by atoms with van der Waals surface area (Å²) in [6, 6.07) is 8.27. The Morgan fingerprint density at radius 3 is 2.57 bits per heavy atom. The van der Waals surface area contributed by atoms with Crippen molar-refractivity contribution in [1.29, 1.82) is 0 Å². The zero-order valence-corrected chi connectivity index (χ0v) is 12.6. The van der Waals surface area contributed by atoms with E-state index < -0.39 is 0 Å². The first-order valence-corrected chi connectivity index (χ1v) is 8.17. The van der Waals surface area contributed by atoms with E-state index in [1.165, 1.54) is 37.9 Å². The summed E-state index contributed by atoms with van der Waals surface area (Å²) >= 11 is 0. The average molecular weight is 287 g/mol. The normalized spacial score (nSPS) is 23.1. The van der Waals surface area contributed by atoms with Crippen molar-refractivity contribution in [2.24, 2.45) is 0 Å². The molecular formula is C17H25N3O. The molecule has 1 aromatic rings. The standard InChI is InChI=1S/C17H25N3O/c21-17(16-5-1-2-10-18-16)19-15-8-6-14(7-9-15)13-20-11-3-4-12-20/h6-9,16,18H,1-5,10-13H2,(H,19,21)/t16-/m0/s1. The van der Waals surface area contributed by atoms with E-state index in [2.05, 4.69) is 27.7 Å². The Labute approximate surface area is 126 Å². The molecule has 2 heterocycles. The molecule has 1 aromatic carbocycles. The number of nitrogens with one attached hydrogen (secondary N) is 2. The first kappa shape index (κ1) is 14.5. The maximum Gasteiger partial charge on any atom is 0.241 e. The molecule has 0 bridgehead atoms. The fraction of sp³-hybridized carbons (Fsp3) is 0.588. The Bertz CT molecular complexity index is 459. The van der Waals surface area contributed by atoms with Crippen LogP contribution in [0.1, 0.15) is 37.7 Å². The van der Waals surface area contributed by atoms with E-state index in [1.807, 2.05) is 12.1 Å². The molecule has 0 spiro atoms. The van der Waals surface area contributed by atoms with Crippen LogP contribution in [0.5, 0.6) is 0 Å². The Balaban J connectivity index is 1.52. The molecule has 4 heteroatoms. The second kappa shape index (κ2) is 7.05. The first-order valence-electron chi connectivity index (χ1n) is 8.17. The first-order chi connectivity index (χ1) is 10.3. The quantitative estimate of drug-likeness (QED) is 0.893.